The van der Waals surface area contributed by atoms with E-state index in [1.807, 2.05) is 0 Å². The Morgan fingerprint density at radius 1 is 1.06 bits per heavy atom. The van der Waals surface area contributed by atoms with Crippen LogP contribution < -0.4 is 5.32 Å². The maximum absolute atomic E-state index is 5.01. The van der Waals surface area contributed by atoms with Gasteiger partial charge < -0.3 is 10.1 Å². The Kier molecular flexibility index (Phi) is 3.91. The van der Waals surface area contributed by atoms with Gasteiger partial charge in [-0.15, -0.1) is 0 Å². The van der Waals surface area contributed by atoms with Gasteiger partial charge in [0.2, 0.25) is 0 Å². The molecule has 0 radical (unpaired) electrons. The van der Waals surface area contributed by atoms with E-state index in [4.69, 9.17) is 4.74 Å². The SMILES string of the molecule is C1COCCN1.CC1CCC2C(C1)C2(C)C. The minimum absolute atomic E-state index is 0.727. The zero-order valence-electron chi connectivity index (χ0n) is 11.1. The van der Waals surface area contributed by atoms with E-state index in [2.05, 4.69) is 26.1 Å². The van der Waals surface area contributed by atoms with Crippen molar-refractivity contribution in [1.82, 2.24) is 5.32 Å². The quantitative estimate of drug-likeness (QED) is 0.684. The van der Waals surface area contributed by atoms with Crippen LogP contribution in [0.25, 0.3) is 0 Å². The second-order valence-corrected chi connectivity index (χ2v) is 6.31. The predicted octanol–water partition coefficient (Wildman–Crippen LogP) is 2.68. The molecule has 16 heavy (non-hydrogen) atoms. The molecule has 3 unspecified atom stereocenters. The summed E-state index contributed by atoms with van der Waals surface area (Å²) in [4.78, 5) is 0. The van der Waals surface area contributed by atoms with Crippen LogP contribution >= 0.6 is 0 Å². The minimum atomic E-state index is 0.727. The first-order valence-corrected chi connectivity index (χ1v) is 6.91. The van der Waals surface area contributed by atoms with Crippen molar-refractivity contribution in [3.63, 3.8) is 0 Å². The fourth-order valence-corrected chi connectivity index (χ4v) is 3.43. The highest BCUT2D eigenvalue weighted by molar-refractivity contribution is 5.07. The van der Waals surface area contributed by atoms with Gasteiger partial charge in [-0.05, 0) is 36.0 Å². The van der Waals surface area contributed by atoms with E-state index in [-0.39, 0.29) is 0 Å². The molecule has 0 bridgehead atoms. The molecule has 1 N–H and O–H groups in total. The van der Waals surface area contributed by atoms with E-state index in [1.54, 1.807) is 0 Å². The summed E-state index contributed by atoms with van der Waals surface area (Å²) in [6, 6.07) is 0. The lowest BCUT2D eigenvalue weighted by molar-refractivity contribution is 0.109. The Morgan fingerprint density at radius 3 is 2.12 bits per heavy atom. The molecule has 3 fully saturated rings. The van der Waals surface area contributed by atoms with Crippen molar-refractivity contribution in [2.75, 3.05) is 26.3 Å². The number of morpholine rings is 1. The van der Waals surface area contributed by atoms with E-state index in [1.165, 1.54) is 19.3 Å². The van der Waals surface area contributed by atoms with Crippen LogP contribution in [-0.2, 0) is 4.74 Å². The van der Waals surface area contributed by atoms with Crippen LogP contribution in [0.5, 0.6) is 0 Å². The predicted molar refractivity (Wildman–Crippen MR) is 67.5 cm³/mol. The Balaban J connectivity index is 0.000000138. The Morgan fingerprint density at radius 2 is 1.75 bits per heavy atom. The van der Waals surface area contributed by atoms with Crippen molar-refractivity contribution in [2.24, 2.45) is 23.2 Å². The molecule has 2 heteroatoms. The fourth-order valence-electron chi connectivity index (χ4n) is 3.43. The maximum Gasteiger partial charge on any atom is 0.0591 e. The van der Waals surface area contributed by atoms with Crippen LogP contribution in [0.15, 0.2) is 0 Å². The molecule has 3 rings (SSSR count). The highest BCUT2D eigenvalue weighted by Gasteiger charge is 2.58. The van der Waals surface area contributed by atoms with Gasteiger partial charge >= 0.3 is 0 Å². The summed E-state index contributed by atoms with van der Waals surface area (Å²) in [5.74, 6) is 3.21. The van der Waals surface area contributed by atoms with E-state index in [0.29, 0.717) is 0 Å². The number of rotatable bonds is 0. The third kappa shape index (κ3) is 2.78. The summed E-state index contributed by atoms with van der Waals surface area (Å²) in [5, 5.41) is 3.16. The van der Waals surface area contributed by atoms with Gasteiger partial charge in [0.25, 0.3) is 0 Å². The van der Waals surface area contributed by atoms with E-state index in [9.17, 15) is 0 Å². The van der Waals surface area contributed by atoms with Gasteiger partial charge in [0.1, 0.15) is 0 Å². The lowest BCUT2D eigenvalue weighted by Gasteiger charge is -2.15. The minimum Gasteiger partial charge on any atom is -0.379 e. The third-order valence-corrected chi connectivity index (χ3v) is 4.76. The van der Waals surface area contributed by atoms with Gasteiger partial charge in [-0.3, -0.25) is 0 Å². The molecule has 2 nitrogen and oxygen atoms in total. The highest BCUT2D eigenvalue weighted by Crippen LogP contribution is 2.65. The van der Waals surface area contributed by atoms with Crippen molar-refractivity contribution in [2.45, 2.75) is 40.0 Å². The molecule has 0 aromatic carbocycles. The Hall–Kier alpha value is -0.0800. The maximum atomic E-state index is 5.01. The van der Waals surface area contributed by atoms with Crippen LogP contribution in [0.1, 0.15) is 40.0 Å². The molecule has 0 amide bonds. The summed E-state index contributed by atoms with van der Waals surface area (Å²) in [6.45, 7) is 11.1. The van der Waals surface area contributed by atoms with Crippen molar-refractivity contribution in [3.05, 3.63) is 0 Å². The van der Waals surface area contributed by atoms with Crippen molar-refractivity contribution in [3.8, 4) is 0 Å². The molecule has 3 atom stereocenters. The number of ether oxygens (including phenoxy) is 1. The average molecular weight is 225 g/mol. The molecule has 1 aliphatic heterocycles. The third-order valence-electron chi connectivity index (χ3n) is 4.76. The first-order valence-electron chi connectivity index (χ1n) is 6.91. The smallest absolute Gasteiger partial charge is 0.0591 e. The number of nitrogens with one attached hydrogen (secondary N) is 1. The van der Waals surface area contributed by atoms with E-state index < -0.39 is 0 Å². The normalized spacial score (nSPS) is 40.3. The van der Waals surface area contributed by atoms with Gasteiger partial charge in [0, 0.05) is 13.1 Å². The summed E-state index contributed by atoms with van der Waals surface area (Å²) in [6.07, 6.45) is 4.51. The van der Waals surface area contributed by atoms with Crippen LogP contribution in [0.3, 0.4) is 0 Å². The molecule has 94 valence electrons. The zero-order valence-corrected chi connectivity index (χ0v) is 11.1. The van der Waals surface area contributed by atoms with Crippen LogP contribution in [-0.4, -0.2) is 26.3 Å². The molecule has 1 heterocycles. The number of fused-ring (bicyclic) bond motifs is 1. The molecule has 1 saturated heterocycles. The lowest BCUT2D eigenvalue weighted by Crippen LogP contribution is -2.30. The summed E-state index contributed by atoms with van der Waals surface area (Å²) in [5.41, 5.74) is 0.727. The van der Waals surface area contributed by atoms with Gasteiger partial charge in [0.05, 0.1) is 13.2 Å². The van der Waals surface area contributed by atoms with Crippen LogP contribution in [0.2, 0.25) is 0 Å². The highest BCUT2D eigenvalue weighted by atomic mass is 16.5. The first-order chi connectivity index (χ1) is 7.62. The molecule has 0 aromatic rings. The summed E-state index contributed by atoms with van der Waals surface area (Å²) >= 11 is 0. The molecule has 2 aliphatic carbocycles. The standard InChI is InChI=1S/C10H18.C4H9NO/c1-7-4-5-8-9(6-7)10(8,2)3;1-3-6-4-2-5-1/h7-9H,4-6H2,1-3H3;5H,1-4H2. The lowest BCUT2D eigenvalue weighted by atomic mass is 9.91. The Labute approximate surface area is 100 Å². The molecular formula is C14H27NO. The first kappa shape index (κ1) is 12.4. The molecular weight excluding hydrogens is 198 g/mol. The van der Waals surface area contributed by atoms with Gasteiger partial charge in [-0.1, -0.05) is 27.2 Å². The van der Waals surface area contributed by atoms with E-state index >= 15 is 0 Å². The van der Waals surface area contributed by atoms with Crippen molar-refractivity contribution in [1.29, 1.82) is 0 Å². The number of hydrogen-bond acceptors (Lipinski definition) is 2. The second kappa shape index (κ2) is 5.05. The largest absolute Gasteiger partial charge is 0.379 e. The van der Waals surface area contributed by atoms with E-state index in [0.717, 1.165) is 49.5 Å². The molecule has 0 spiro atoms. The van der Waals surface area contributed by atoms with Crippen LogP contribution in [0.4, 0.5) is 0 Å². The fraction of sp³-hybridized carbons (Fsp3) is 1.00. The monoisotopic (exact) mass is 225 g/mol. The molecule has 3 aliphatic rings. The molecule has 0 aromatic heterocycles. The van der Waals surface area contributed by atoms with Crippen molar-refractivity contribution < 1.29 is 4.74 Å². The van der Waals surface area contributed by atoms with Gasteiger partial charge in [-0.2, -0.15) is 0 Å². The van der Waals surface area contributed by atoms with Crippen molar-refractivity contribution >= 4 is 0 Å². The molecule has 2 saturated carbocycles. The van der Waals surface area contributed by atoms with Crippen LogP contribution in [0, 0.1) is 23.2 Å². The zero-order chi connectivity index (χ0) is 11.6. The second-order valence-electron chi connectivity index (χ2n) is 6.31. The summed E-state index contributed by atoms with van der Waals surface area (Å²) < 4.78 is 5.01. The summed E-state index contributed by atoms with van der Waals surface area (Å²) in [7, 11) is 0. The number of hydrogen-bond donors (Lipinski definition) is 1. The Bertz CT molecular complexity index is 211. The topological polar surface area (TPSA) is 21.3 Å². The average Bonchev–Trinajstić information content (AvgIpc) is 2.84. The van der Waals surface area contributed by atoms with Gasteiger partial charge in [0.15, 0.2) is 0 Å². The van der Waals surface area contributed by atoms with Gasteiger partial charge in [-0.25, -0.2) is 0 Å².